The van der Waals surface area contributed by atoms with Crippen LogP contribution in [0.15, 0.2) is 18.2 Å². The van der Waals surface area contributed by atoms with Crippen molar-refractivity contribution in [1.82, 2.24) is 4.90 Å². The van der Waals surface area contributed by atoms with Crippen LogP contribution < -0.4 is 5.73 Å². The Morgan fingerprint density at radius 3 is 2.89 bits per heavy atom. The Labute approximate surface area is 114 Å². The van der Waals surface area contributed by atoms with E-state index in [1.54, 1.807) is 6.07 Å². The maximum atomic E-state index is 11.3. The third-order valence-corrected chi connectivity index (χ3v) is 3.85. The number of aromatic hydroxyl groups is 1. The van der Waals surface area contributed by atoms with Crippen molar-refractivity contribution in [1.29, 1.82) is 0 Å². The molecule has 1 amide bonds. The number of phenolic OH excluding ortho intramolecular Hbond substituents is 1. The second-order valence-electron chi connectivity index (χ2n) is 5.49. The topological polar surface area (TPSA) is 66.6 Å². The average molecular weight is 262 g/mol. The van der Waals surface area contributed by atoms with E-state index in [0.29, 0.717) is 5.75 Å². The number of primary amides is 1. The number of benzene rings is 1. The summed E-state index contributed by atoms with van der Waals surface area (Å²) in [6.07, 6.45) is 2.93. The summed E-state index contributed by atoms with van der Waals surface area (Å²) in [5, 5.41) is 9.97. The minimum absolute atomic E-state index is 0.170. The Bertz CT molecular complexity index is 471. The second-order valence-corrected chi connectivity index (χ2v) is 5.49. The monoisotopic (exact) mass is 262 g/mol. The van der Waals surface area contributed by atoms with Gasteiger partial charge in [0.25, 0.3) is 0 Å². The first-order valence-electron chi connectivity index (χ1n) is 6.85. The predicted octanol–water partition coefficient (Wildman–Crippen LogP) is 1.97. The van der Waals surface area contributed by atoms with Gasteiger partial charge in [-0.2, -0.15) is 0 Å². The zero-order valence-electron chi connectivity index (χ0n) is 11.6. The molecule has 4 heteroatoms. The SMILES string of the molecule is CC(C)N(CC(N)=O)C1CCCc2c(O)cccc21. The van der Waals surface area contributed by atoms with Gasteiger partial charge in [-0.05, 0) is 50.3 Å². The van der Waals surface area contributed by atoms with Gasteiger partial charge < -0.3 is 10.8 Å². The van der Waals surface area contributed by atoms with Gasteiger partial charge in [-0.3, -0.25) is 9.69 Å². The molecule has 1 aliphatic carbocycles. The molecule has 1 atom stereocenters. The smallest absolute Gasteiger partial charge is 0.231 e. The van der Waals surface area contributed by atoms with Gasteiger partial charge in [0.05, 0.1) is 6.54 Å². The molecule has 0 radical (unpaired) electrons. The fourth-order valence-corrected chi connectivity index (χ4v) is 2.98. The summed E-state index contributed by atoms with van der Waals surface area (Å²) in [5.41, 5.74) is 7.52. The fraction of sp³-hybridized carbons (Fsp3) is 0.533. The first kappa shape index (κ1) is 13.9. The predicted molar refractivity (Wildman–Crippen MR) is 74.8 cm³/mol. The molecule has 2 rings (SSSR count). The number of carbonyl (C=O) groups is 1. The number of nitrogens with two attached hydrogens (primary N) is 1. The lowest BCUT2D eigenvalue weighted by atomic mass is 9.85. The molecule has 1 aliphatic rings. The number of nitrogens with zero attached hydrogens (tertiary/aromatic N) is 1. The molecule has 1 aromatic carbocycles. The highest BCUT2D eigenvalue weighted by Gasteiger charge is 2.29. The maximum absolute atomic E-state index is 11.3. The van der Waals surface area contributed by atoms with Crippen molar-refractivity contribution in [2.24, 2.45) is 5.73 Å². The molecule has 0 aromatic heterocycles. The van der Waals surface area contributed by atoms with E-state index in [0.717, 1.165) is 30.4 Å². The Morgan fingerprint density at radius 2 is 2.26 bits per heavy atom. The molecule has 1 aromatic rings. The van der Waals surface area contributed by atoms with Gasteiger partial charge in [0.1, 0.15) is 5.75 Å². The van der Waals surface area contributed by atoms with E-state index in [1.165, 1.54) is 0 Å². The number of carbonyl (C=O) groups excluding carboxylic acids is 1. The Morgan fingerprint density at radius 1 is 1.53 bits per heavy atom. The van der Waals surface area contributed by atoms with Crippen LogP contribution >= 0.6 is 0 Å². The molecule has 0 saturated heterocycles. The van der Waals surface area contributed by atoms with Crippen LogP contribution in [0.25, 0.3) is 0 Å². The van der Waals surface area contributed by atoms with Gasteiger partial charge in [0.15, 0.2) is 0 Å². The normalized spacial score (nSPS) is 18.6. The lowest BCUT2D eigenvalue weighted by molar-refractivity contribution is -0.120. The van der Waals surface area contributed by atoms with Crippen LogP contribution in [-0.2, 0) is 11.2 Å². The highest BCUT2D eigenvalue weighted by Crippen LogP contribution is 2.38. The number of phenols is 1. The molecule has 0 heterocycles. The Hall–Kier alpha value is -1.55. The summed E-state index contributed by atoms with van der Waals surface area (Å²) in [7, 11) is 0. The van der Waals surface area contributed by atoms with Crippen LogP contribution in [-0.4, -0.2) is 28.5 Å². The summed E-state index contributed by atoms with van der Waals surface area (Å²) in [6.45, 7) is 4.40. The average Bonchev–Trinajstić information content (AvgIpc) is 2.35. The third-order valence-electron chi connectivity index (χ3n) is 3.85. The number of rotatable bonds is 4. The van der Waals surface area contributed by atoms with Crippen LogP contribution in [0, 0.1) is 0 Å². The van der Waals surface area contributed by atoms with Crippen LogP contribution in [0.4, 0.5) is 0 Å². The second kappa shape index (κ2) is 5.61. The zero-order valence-corrected chi connectivity index (χ0v) is 11.6. The molecule has 19 heavy (non-hydrogen) atoms. The van der Waals surface area contributed by atoms with Gasteiger partial charge in [0.2, 0.25) is 5.91 Å². The van der Waals surface area contributed by atoms with Crippen LogP contribution in [0.3, 0.4) is 0 Å². The van der Waals surface area contributed by atoms with E-state index in [-0.39, 0.29) is 24.5 Å². The first-order valence-corrected chi connectivity index (χ1v) is 6.85. The summed E-state index contributed by atoms with van der Waals surface area (Å²) in [5.74, 6) is 0.0611. The molecule has 0 aliphatic heterocycles. The Kier molecular flexibility index (Phi) is 4.10. The standard InChI is InChI=1S/C15H22N2O2/c1-10(2)17(9-15(16)19)13-7-3-6-12-11(13)5-4-8-14(12)18/h4-5,8,10,13,18H,3,6-7,9H2,1-2H3,(H2,16,19). The van der Waals surface area contributed by atoms with Gasteiger partial charge in [-0.15, -0.1) is 0 Å². The summed E-state index contributed by atoms with van der Waals surface area (Å²) in [4.78, 5) is 13.4. The van der Waals surface area contributed by atoms with Crippen molar-refractivity contribution in [3.63, 3.8) is 0 Å². The molecule has 3 N–H and O–H groups in total. The molecule has 0 fully saturated rings. The third kappa shape index (κ3) is 2.89. The van der Waals surface area contributed by atoms with E-state index < -0.39 is 0 Å². The summed E-state index contributed by atoms with van der Waals surface area (Å²) < 4.78 is 0. The zero-order chi connectivity index (χ0) is 14.0. The highest BCUT2D eigenvalue weighted by molar-refractivity contribution is 5.76. The fourth-order valence-electron chi connectivity index (χ4n) is 2.98. The van der Waals surface area contributed by atoms with Crippen molar-refractivity contribution in [2.45, 2.75) is 45.2 Å². The molecular weight excluding hydrogens is 240 g/mol. The lowest BCUT2D eigenvalue weighted by Gasteiger charge is -2.38. The van der Waals surface area contributed by atoms with Crippen LogP contribution in [0.5, 0.6) is 5.75 Å². The number of fused-ring (bicyclic) bond motifs is 1. The van der Waals surface area contributed by atoms with Crippen molar-refractivity contribution in [2.75, 3.05) is 6.54 Å². The number of hydrogen-bond acceptors (Lipinski definition) is 3. The molecular formula is C15H22N2O2. The summed E-state index contributed by atoms with van der Waals surface area (Å²) >= 11 is 0. The van der Waals surface area contributed by atoms with E-state index in [1.807, 2.05) is 6.07 Å². The van der Waals surface area contributed by atoms with E-state index in [4.69, 9.17) is 5.73 Å². The lowest BCUT2D eigenvalue weighted by Crippen LogP contribution is -2.42. The minimum Gasteiger partial charge on any atom is -0.508 e. The van der Waals surface area contributed by atoms with Gasteiger partial charge in [0, 0.05) is 12.1 Å². The van der Waals surface area contributed by atoms with Crippen molar-refractivity contribution >= 4 is 5.91 Å². The van der Waals surface area contributed by atoms with E-state index >= 15 is 0 Å². The maximum Gasteiger partial charge on any atom is 0.231 e. The quantitative estimate of drug-likeness (QED) is 0.871. The highest BCUT2D eigenvalue weighted by atomic mass is 16.3. The molecule has 4 nitrogen and oxygen atoms in total. The molecule has 0 bridgehead atoms. The van der Waals surface area contributed by atoms with Crippen molar-refractivity contribution in [3.05, 3.63) is 29.3 Å². The first-order chi connectivity index (χ1) is 9.00. The van der Waals surface area contributed by atoms with Gasteiger partial charge >= 0.3 is 0 Å². The minimum atomic E-state index is -0.305. The van der Waals surface area contributed by atoms with Crippen LogP contribution in [0.1, 0.15) is 43.9 Å². The number of hydrogen-bond donors (Lipinski definition) is 2. The van der Waals surface area contributed by atoms with E-state index in [2.05, 4.69) is 24.8 Å². The summed E-state index contributed by atoms with van der Waals surface area (Å²) in [6, 6.07) is 6.06. The van der Waals surface area contributed by atoms with Gasteiger partial charge in [-0.1, -0.05) is 12.1 Å². The molecule has 1 unspecified atom stereocenters. The van der Waals surface area contributed by atoms with Crippen molar-refractivity contribution < 1.29 is 9.90 Å². The molecule has 104 valence electrons. The molecule has 0 saturated carbocycles. The number of amides is 1. The molecule has 0 spiro atoms. The van der Waals surface area contributed by atoms with Crippen LogP contribution in [0.2, 0.25) is 0 Å². The largest absolute Gasteiger partial charge is 0.508 e. The van der Waals surface area contributed by atoms with Gasteiger partial charge in [-0.25, -0.2) is 0 Å². The Balaban J connectivity index is 2.35. The van der Waals surface area contributed by atoms with Crippen molar-refractivity contribution in [3.8, 4) is 5.75 Å². The van der Waals surface area contributed by atoms with E-state index in [9.17, 15) is 9.90 Å².